The standard InChI is InChI=1S/C18H12BrFN2O/c19-14-3-6-16-13(7-14)10-22-9-12(8-17(22)18(23)21-16)11-1-4-15(20)5-2-11/h1-9H,10H2,(H,21,23). The zero-order valence-corrected chi connectivity index (χ0v) is 13.6. The minimum Gasteiger partial charge on any atom is -0.338 e. The molecule has 4 rings (SSSR count). The van der Waals surface area contributed by atoms with Crippen LogP contribution in [0.4, 0.5) is 10.1 Å². The van der Waals surface area contributed by atoms with Crippen LogP contribution in [0.5, 0.6) is 0 Å². The van der Waals surface area contributed by atoms with Gasteiger partial charge in [-0.05, 0) is 47.5 Å². The number of aromatic nitrogens is 1. The number of nitrogens with zero attached hydrogens (tertiary/aromatic N) is 1. The Bertz CT molecular complexity index is 915. The first-order valence-corrected chi connectivity index (χ1v) is 7.95. The molecule has 2 aromatic carbocycles. The lowest BCUT2D eigenvalue weighted by molar-refractivity contribution is 0.102. The second kappa shape index (κ2) is 5.35. The molecule has 1 aliphatic heterocycles. The van der Waals surface area contributed by atoms with Crippen LogP contribution in [0.15, 0.2) is 59.2 Å². The summed E-state index contributed by atoms with van der Waals surface area (Å²) in [7, 11) is 0. The number of hydrogen-bond acceptors (Lipinski definition) is 1. The summed E-state index contributed by atoms with van der Waals surface area (Å²) in [4.78, 5) is 12.4. The van der Waals surface area contributed by atoms with Gasteiger partial charge in [-0.3, -0.25) is 4.79 Å². The fourth-order valence-electron chi connectivity index (χ4n) is 2.82. The summed E-state index contributed by atoms with van der Waals surface area (Å²) in [5.41, 5.74) is 4.23. The summed E-state index contributed by atoms with van der Waals surface area (Å²) in [6.07, 6.45) is 1.93. The number of fused-ring (bicyclic) bond motifs is 2. The van der Waals surface area contributed by atoms with Gasteiger partial charge in [0.25, 0.3) is 5.91 Å². The molecule has 0 radical (unpaired) electrons. The Kier molecular flexibility index (Phi) is 3.31. The van der Waals surface area contributed by atoms with Crippen LogP contribution in [0.25, 0.3) is 11.1 Å². The van der Waals surface area contributed by atoms with Crippen LogP contribution in [-0.2, 0) is 6.54 Å². The largest absolute Gasteiger partial charge is 0.338 e. The molecule has 1 aromatic heterocycles. The van der Waals surface area contributed by atoms with Crippen LogP contribution < -0.4 is 5.32 Å². The zero-order valence-electron chi connectivity index (χ0n) is 12.0. The molecule has 3 aromatic rings. The molecule has 1 aliphatic rings. The third-order valence-corrected chi connectivity index (χ3v) is 4.46. The molecular formula is C18H12BrFN2O. The van der Waals surface area contributed by atoms with Crippen LogP contribution in [-0.4, -0.2) is 10.5 Å². The highest BCUT2D eigenvalue weighted by Crippen LogP contribution is 2.29. The molecule has 3 nitrogen and oxygen atoms in total. The highest BCUT2D eigenvalue weighted by atomic mass is 79.9. The van der Waals surface area contributed by atoms with E-state index >= 15 is 0 Å². The third kappa shape index (κ3) is 2.57. The maximum Gasteiger partial charge on any atom is 0.272 e. The molecule has 0 aliphatic carbocycles. The van der Waals surface area contributed by atoms with E-state index in [4.69, 9.17) is 0 Å². The molecule has 0 unspecified atom stereocenters. The zero-order chi connectivity index (χ0) is 16.0. The Hall–Kier alpha value is -2.40. The fraction of sp³-hybridized carbons (Fsp3) is 0.0556. The fourth-order valence-corrected chi connectivity index (χ4v) is 3.23. The van der Waals surface area contributed by atoms with Gasteiger partial charge in [-0.2, -0.15) is 0 Å². The summed E-state index contributed by atoms with van der Waals surface area (Å²) in [5, 5.41) is 2.94. The lowest BCUT2D eigenvalue weighted by Gasteiger charge is -2.07. The van der Waals surface area contributed by atoms with Crippen LogP contribution in [0, 0.1) is 5.82 Å². The second-order valence-electron chi connectivity index (χ2n) is 5.50. The summed E-state index contributed by atoms with van der Waals surface area (Å²) in [5.74, 6) is -0.412. The molecule has 5 heteroatoms. The molecule has 23 heavy (non-hydrogen) atoms. The van der Waals surface area contributed by atoms with Crippen molar-refractivity contribution in [3.8, 4) is 11.1 Å². The number of rotatable bonds is 1. The average molecular weight is 371 g/mol. The Morgan fingerprint density at radius 1 is 1.04 bits per heavy atom. The van der Waals surface area contributed by atoms with Gasteiger partial charge in [0.2, 0.25) is 0 Å². The first kappa shape index (κ1) is 14.2. The summed E-state index contributed by atoms with van der Waals surface area (Å²) >= 11 is 3.46. The molecule has 0 saturated carbocycles. The van der Waals surface area contributed by atoms with Crippen molar-refractivity contribution < 1.29 is 9.18 Å². The van der Waals surface area contributed by atoms with Gasteiger partial charge in [-0.1, -0.05) is 28.1 Å². The van der Waals surface area contributed by atoms with E-state index in [2.05, 4.69) is 21.2 Å². The molecule has 1 amide bonds. The van der Waals surface area contributed by atoms with E-state index < -0.39 is 0 Å². The highest BCUT2D eigenvalue weighted by molar-refractivity contribution is 9.10. The van der Waals surface area contributed by atoms with Crippen LogP contribution >= 0.6 is 15.9 Å². The Morgan fingerprint density at radius 3 is 2.61 bits per heavy atom. The second-order valence-corrected chi connectivity index (χ2v) is 6.42. The molecular weight excluding hydrogens is 359 g/mol. The molecule has 0 saturated heterocycles. The van der Waals surface area contributed by atoms with Crippen molar-refractivity contribution in [2.45, 2.75) is 6.54 Å². The van der Waals surface area contributed by atoms with Crippen molar-refractivity contribution in [2.75, 3.05) is 5.32 Å². The van der Waals surface area contributed by atoms with Gasteiger partial charge in [-0.15, -0.1) is 0 Å². The predicted octanol–water partition coefficient (Wildman–Crippen LogP) is 4.67. The average Bonchev–Trinajstić information content (AvgIpc) is 2.89. The number of nitrogens with one attached hydrogen (secondary N) is 1. The van der Waals surface area contributed by atoms with Crippen molar-refractivity contribution in [1.29, 1.82) is 0 Å². The molecule has 2 heterocycles. The smallest absolute Gasteiger partial charge is 0.272 e. The quantitative estimate of drug-likeness (QED) is 0.663. The number of carbonyl (C=O) groups is 1. The highest BCUT2D eigenvalue weighted by Gasteiger charge is 2.20. The Balaban J connectivity index is 1.79. The first-order valence-electron chi connectivity index (χ1n) is 7.16. The Labute approximate surface area is 140 Å². The molecule has 0 atom stereocenters. The molecule has 114 valence electrons. The van der Waals surface area contributed by atoms with E-state index in [9.17, 15) is 9.18 Å². The molecule has 0 fully saturated rings. The van der Waals surface area contributed by atoms with Crippen molar-refractivity contribution in [3.05, 3.63) is 76.3 Å². The van der Waals surface area contributed by atoms with Gasteiger partial charge >= 0.3 is 0 Å². The predicted molar refractivity (Wildman–Crippen MR) is 91.0 cm³/mol. The lowest BCUT2D eigenvalue weighted by atomic mass is 10.1. The number of amides is 1. The number of halogens is 2. The van der Waals surface area contributed by atoms with Gasteiger partial charge in [0, 0.05) is 28.5 Å². The number of hydrogen-bond donors (Lipinski definition) is 1. The molecule has 0 bridgehead atoms. The maximum atomic E-state index is 13.1. The van der Waals surface area contributed by atoms with Gasteiger partial charge in [0.05, 0.1) is 0 Å². The van der Waals surface area contributed by atoms with E-state index in [-0.39, 0.29) is 11.7 Å². The third-order valence-electron chi connectivity index (χ3n) is 3.96. The van der Waals surface area contributed by atoms with Gasteiger partial charge in [0.15, 0.2) is 0 Å². The van der Waals surface area contributed by atoms with Crippen molar-refractivity contribution in [1.82, 2.24) is 4.57 Å². The van der Waals surface area contributed by atoms with E-state index in [1.807, 2.05) is 35.0 Å². The number of benzene rings is 2. The van der Waals surface area contributed by atoms with Crippen molar-refractivity contribution >= 4 is 27.5 Å². The van der Waals surface area contributed by atoms with Gasteiger partial charge in [0.1, 0.15) is 11.5 Å². The van der Waals surface area contributed by atoms with Crippen molar-refractivity contribution in [3.63, 3.8) is 0 Å². The first-order chi connectivity index (χ1) is 11.1. The minimum absolute atomic E-state index is 0.139. The molecule has 0 spiro atoms. The van der Waals surface area contributed by atoms with E-state index in [0.717, 1.165) is 26.9 Å². The SMILES string of the molecule is O=C1Nc2ccc(Br)cc2Cn2cc(-c3ccc(F)cc3)cc21. The summed E-state index contributed by atoms with van der Waals surface area (Å²) in [6, 6.07) is 13.9. The summed E-state index contributed by atoms with van der Waals surface area (Å²) < 4.78 is 16.0. The monoisotopic (exact) mass is 370 g/mol. The molecule has 1 N–H and O–H groups in total. The maximum absolute atomic E-state index is 13.1. The van der Waals surface area contributed by atoms with E-state index in [0.29, 0.717) is 12.2 Å². The minimum atomic E-state index is -0.272. The number of carbonyl (C=O) groups excluding carboxylic acids is 1. The van der Waals surface area contributed by atoms with Crippen LogP contribution in [0.2, 0.25) is 0 Å². The van der Waals surface area contributed by atoms with Crippen molar-refractivity contribution in [2.24, 2.45) is 0 Å². The summed E-state index contributed by atoms with van der Waals surface area (Å²) in [6.45, 7) is 0.601. The number of anilines is 1. The normalized spacial score (nSPS) is 13.0. The Morgan fingerprint density at radius 2 is 1.83 bits per heavy atom. The van der Waals surface area contributed by atoms with Gasteiger partial charge < -0.3 is 9.88 Å². The van der Waals surface area contributed by atoms with Crippen LogP contribution in [0.3, 0.4) is 0 Å². The lowest BCUT2D eigenvalue weighted by Crippen LogP contribution is -2.12. The van der Waals surface area contributed by atoms with E-state index in [1.54, 1.807) is 12.1 Å². The van der Waals surface area contributed by atoms with E-state index in [1.165, 1.54) is 12.1 Å². The van der Waals surface area contributed by atoms with Crippen LogP contribution in [0.1, 0.15) is 16.1 Å². The van der Waals surface area contributed by atoms with Gasteiger partial charge in [-0.25, -0.2) is 4.39 Å². The topological polar surface area (TPSA) is 34.0 Å².